The molecule has 0 unspecified atom stereocenters. The van der Waals surface area contributed by atoms with Crippen LogP contribution in [0.15, 0.2) is 279 Å². The lowest BCUT2D eigenvalue weighted by Gasteiger charge is -2.56. The van der Waals surface area contributed by atoms with Gasteiger partial charge in [0.25, 0.3) is 31.9 Å². The van der Waals surface area contributed by atoms with Crippen molar-refractivity contribution in [1.29, 1.82) is 0 Å². The number of ether oxygens (including phenoxy) is 15. The molecule has 0 radical (unpaired) electrons. The second kappa shape index (κ2) is 38.8. The molecule has 10 aromatic carbocycles. The highest BCUT2D eigenvalue weighted by Gasteiger charge is 2.64. The third kappa shape index (κ3) is 18.2. The van der Waals surface area contributed by atoms with E-state index >= 15 is 19.2 Å². The summed E-state index contributed by atoms with van der Waals surface area (Å²) in [5, 5.41) is 1.52. The maximum absolute atomic E-state index is 16.3. The molecule has 6 heterocycles. The Morgan fingerprint density at radius 3 is 1.35 bits per heavy atom. The fraction of sp³-hybridized carbons (Fsp3) is 0.360. The predicted octanol–water partition coefficient (Wildman–Crippen LogP) is 15.4. The molecule has 5 fully saturated rings. The zero-order chi connectivity index (χ0) is 85.3. The van der Waals surface area contributed by atoms with Gasteiger partial charge in [-0.2, -0.15) is 0 Å². The fourth-order valence-corrected chi connectivity index (χ4v) is 23.7. The Balaban J connectivity index is 0.852. The first kappa shape index (κ1) is 86.1. The van der Waals surface area contributed by atoms with Crippen molar-refractivity contribution in [2.75, 3.05) is 40.3 Å². The highest BCUT2D eigenvalue weighted by atomic mass is 32.2. The van der Waals surface area contributed by atoms with Gasteiger partial charge in [-0.3, -0.25) is 29.0 Å². The maximum atomic E-state index is 16.3. The molecule has 1 saturated carbocycles. The summed E-state index contributed by atoms with van der Waals surface area (Å²) in [5.41, 5.74) is 3.25. The summed E-state index contributed by atoms with van der Waals surface area (Å²) >= 11 is 1.46. The summed E-state index contributed by atoms with van der Waals surface area (Å²) in [7, 11) is -0.424. The van der Waals surface area contributed by atoms with Crippen LogP contribution in [0.1, 0.15) is 128 Å². The SMILES string of the molecule is COc1ccc(OC[C@H]2O[C@@H](OCc3ccccc3)[C@H](N3C(=O)c4ccccc4C3=O)[C@@H](OCc3ccccc3)[C@@H]2O[C@@H]2O[C@H](COCc3ccccc3)[C@@H](O[C@H](O[C@H]3[C@@H](O[Si](c4ccccc4)(c4ccccc4)C(C)(C)C)[C@@H]4OC5(CCCCC5)OC[C@H]4O[C@@H]3SC)c3ccc(OC)cc3)[C@H](OCc3ccccc3)[C@H]2N2C(=O)c3ccccc3C2=O)cc1. The molecule has 0 aromatic heterocycles. The molecule has 24 heteroatoms. The van der Waals surface area contributed by atoms with Crippen molar-refractivity contribution >= 4 is 54.1 Å². The van der Waals surface area contributed by atoms with E-state index in [1.54, 1.807) is 87.0 Å². The van der Waals surface area contributed by atoms with Gasteiger partial charge < -0.3 is 75.5 Å². The number of amides is 4. The molecule has 1 spiro atoms. The van der Waals surface area contributed by atoms with E-state index in [-0.39, 0.29) is 68.5 Å². The van der Waals surface area contributed by atoms with E-state index in [1.807, 2.05) is 164 Å². The van der Waals surface area contributed by atoms with Crippen LogP contribution in [0.5, 0.6) is 17.2 Å². The van der Waals surface area contributed by atoms with Crippen LogP contribution >= 0.6 is 11.8 Å². The Bertz CT molecular complexity index is 5110. The molecule has 124 heavy (non-hydrogen) atoms. The topological polar surface area (TPSA) is 222 Å². The van der Waals surface area contributed by atoms with Crippen LogP contribution in [-0.2, 0) is 87.7 Å². The molecule has 7 aliphatic rings. The number of hydrogen-bond donors (Lipinski definition) is 0. The molecule has 4 amide bonds. The van der Waals surface area contributed by atoms with E-state index in [2.05, 4.69) is 69.3 Å². The average molecular weight is 1710 g/mol. The molecular formula is C100H104N2O20SSi. The van der Waals surface area contributed by atoms with Crippen molar-refractivity contribution in [2.45, 2.75) is 188 Å². The number of rotatable bonds is 32. The van der Waals surface area contributed by atoms with Crippen molar-refractivity contribution in [3.63, 3.8) is 0 Å². The van der Waals surface area contributed by atoms with Crippen LogP contribution in [-0.4, -0.2) is 179 Å². The number of fused-ring (bicyclic) bond motifs is 3. The fourth-order valence-electron chi connectivity index (χ4n) is 18.3. The predicted molar refractivity (Wildman–Crippen MR) is 466 cm³/mol. The second-order valence-electron chi connectivity index (χ2n) is 33.2. The lowest BCUT2D eigenvalue weighted by atomic mass is 9.90. The van der Waals surface area contributed by atoms with Gasteiger partial charge >= 0.3 is 0 Å². The molecule has 644 valence electrons. The van der Waals surface area contributed by atoms with Crippen molar-refractivity contribution in [2.24, 2.45) is 0 Å². The quantitative estimate of drug-likeness (QED) is 0.0217. The van der Waals surface area contributed by atoms with Crippen molar-refractivity contribution < 1.29 is 94.7 Å². The average Bonchev–Trinajstić information content (AvgIpc) is 1.31. The van der Waals surface area contributed by atoms with Gasteiger partial charge in [0.1, 0.15) is 102 Å². The lowest BCUT2D eigenvalue weighted by Crippen LogP contribution is -2.73. The molecule has 0 bridgehead atoms. The molecule has 22 nitrogen and oxygen atoms in total. The highest BCUT2D eigenvalue weighted by molar-refractivity contribution is 7.99. The molecule has 4 saturated heterocycles. The van der Waals surface area contributed by atoms with Gasteiger partial charge in [-0.05, 0) is 117 Å². The number of thioether (sulfide) groups is 1. The number of carbonyl (C=O) groups excluding carboxylic acids is 4. The summed E-state index contributed by atoms with van der Waals surface area (Å²) < 4.78 is 117. The molecule has 16 atom stereocenters. The largest absolute Gasteiger partial charge is 0.497 e. The van der Waals surface area contributed by atoms with E-state index in [1.165, 1.54) is 11.8 Å². The summed E-state index contributed by atoms with van der Waals surface area (Å²) in [5.74, 6) is -2.09. The Kier molecular flexibility index (Phi) is 26.9. The van der Waals surface area contributed by atoms with E-state index in [9.17, 15) is 0 Å². The zero-order valence-electron chi connectivity index (χ0n) is 70.2. The van der Waals surface area contributed by atoms with Crippen molar-refractivity contribution in [3.05, 3.63) is 329 Å². The van der Waals surface area contributed by atoms with Gasteiger partial charge in [0.2, 0.25) is 0 Å². The molecule has 10 aromatic rings. The minimum absolute atomic E-state index is 0.0554. The first-order valence-corrected chi connectivity index (χ1v) is 45.8. The molecule has 6 aliphatic heterocycles. The van der Waals surface area contributed by atoms with E-state index < -0.39 is 140 Å². The third-order valence-corrected chi connectivity index (χ3v) is 30.3. The van der Waals surface area contributed by atoms with Gasteiger partial charge in [-0.25, -0.2) is 0 Å². The normalized spacial score (nSPS) is 25.8. The Labute approximate surface area is 728 Å². The number of imide groups is 2. The van der Waals surface area contributed by atoms with Crippen LogP contribution in [0.2, 0.25) is 5.04 Å². The first-order valence-electron chi connectivity index (χ1n) is 42.6. The third-order valence-electron chi connectivity index (χ3n) is 24.4. The Morgan fingerprint density at radius 2 is 0.863 bits per heavy atom. The van der Waals surface area contributed by atoms with Crippen LogP contribution in [0.25, 0.3) is 0 Å². The first-order chi connectivity index (χ1) is 60.6. The number of benzene rings is 10. The van der Waals surface area contributed by atoms with Gasteiger partial charge in [0, 0.05) is 18.4 Å². The number of carbonyl (C=O) groups is 4. The summed E-state index contributed by atoms with van der Waals surface area (Å²) in [6.07, 6.45) is -10.4. The van der Waals surface area contributed by atoms with Crippen LogP contribution in [0, 0.1) is 0 Å². The highest BCUT2D eigenvalue weighted by Crippen LogP contribution is 2.50. The molecule has 0 N–H and O–H groups in total. The zero-order valence-corrected chi connectivity index (χ0v) is 72.1. The van der Waals surface area contributed by atoms with Gasteiger partial charge in [0.15, 0.2) is 24.7 Å². The standard InChI is InChI=1S/C100H104N2O20SSi/c1-99(2,3)124(73-40-22-11-23-41-73,74-42-24-12-25-43-74)122-89-86-81(64-114-100(121-86)56-30-13-31-57-100)117-98(123-6)90(89)120-95(69-48-50-70(107-4)51-49-69)118-84-79(62-109-58-65-32-14-7-15-33-65)116-97(83(88(84)112-60-67-36-18-9-19-37-67)102-93(105)77-46-28-29-47-78(77)94(102)106)119-85-80(63-110-72-54-52-71(108-5)53-55-72)115-96(113-61-68-38-20-10-21-39-68)82(87(85)111-59-66-34-16-8-17-35-66)101-91(103)75-44-26-27-45-76(75)92(101)104/h7-12,14-29,32-55,79-90,95-98H,13,30-31,56-64H2,1-6H3/t79-,80-,81-,82-,83-,84-,85-,86-,87-,88-,89+,90+,95-,96-,97+,98-/m1/s1. The monoisotopic (exact) mass is 1710 g/mol. The molecular weight excluding hydrogens is 1610 g/mol. The summed E-state index contributed by atoms with van der Waals surface area (Å²) in [4.78, 5) is 66.2. The van der Waals surface area contributed by atoms with E-state index in [0.29, 0.717) is 35.7 Å². The minimum atomic E-state index is -3.59. The number of methoxy groups -OCH3 is 2. The summed E-state index contributed by atoms with van der Waals surface area (Å²) in [6.45, 7) is 6.16. The summed E-state index contributed by atoms with van der Waals surface area (Å²) in [6, 6.07) is 83.6. The lowest BCUT2D eigenvalue weighted by molar-refractivity contribution is -0.382. The van der Waals surface area contributed by atoms with Gasteiger partial charge in [-0.1, -0.05) is 246 Å². The van der Waals surface area contributed by atoms with Crippen molar-refractivity contribution in [3.8, 4) is 17.2 Å². The van der Waals surface area contributed by atoms with Crippen LogP contribution in [0.4, 0.5) is 0 Å². The maximum Gasteiger partial charge on any atom is 0.262 e. The Hall–Kier alpha value is -10.1. The smallest absolute Gasteiger partial charge is 0.262 e. The van der Waals surface area contributed by atoms with Crippen molar-refractivity contribution in [1.82, 2.24) is 9.80 Å². The van der Waals surface area contributed by atoms with Gasteiger partial charge in [0.05, 0.1) is 76.1 Å². The van der Waals surface area contributed by atoms with Crippen LogP contribution < -0.4 is 24.6 Å². The second-order valence-corrected chi connectivity index (χ2v) is 38.4. The minimum Gasteiger partial charge on any atom is -0.497 e. The number of hydrogen-bond acceptors (Lipinski definition) is 21. The van der Waals surface area contributed by atoms with Crippen LogP contribution in [0.3, 0.4) is 0 Å². The van der Waals surface area contributed by atoms with Gasteiger partial charge in [-0.15, -0.1) is 11.8 Å². The Morgan fingerprint density at radius 1 is 0.444 bits per heavy atom. The molecule has 17 rings (SSSR count). The molecule has 1 aliphatic carbocycles. The van der Waals surface area contributed by atoms with E-state index in [4.69, 9.17) is 75.5 Å². The van der Waals surface area contributed by atoms with E-state index in [0.717, 1.165) is 61.7 Å². The number of nitrogens with zero attached hydrogens (tertiary/aromatic N) is 2.